The minimum absolute atomic E-state index is 0.0190. The van der Waals surface area contributed by atoms with Crippen LogP contribution >= 0.6 is 23.2 Å². The predicted molar refractivity (Wildman–Crippen MR) is 97.3 cm³/mol. The molecule has 1 heterocycles. The van der Waals surface area contributed by atoms with E-state index in [4.69, 9.17) is 23.2 Å². The maximum absolute atomic E-state index is 13.0. The Morgan fingerprint density at radius 2 is 1.68 bits per heavy atom. The van der Waals surface area contributed by atoms with Crippen LogP contribution in [0.15, 0.2) is 28.3 Å². The van der Waals surface area contributed by atoms with E-state index in [0.29, 0.717) is 24.2 Å². The van der Waals surface area contributed by atoms with E-state index in [2.05, 4.69) is 5.10 Å². The van der Waals surface area contributed by atoms with Crippen LogP contribution < -0.4 is 0 Å². The zero-order chi connectivity index (χ0) is 18.9. The zero-order valence-corrected chi connectivity index (χ0v) is 16.7. The summed E-state index contributed by atoms with van der Waals surface area (Å²) in [6.45, 7) is 7.89. The van der Waals surface area contributed by atoms with Crippen LogP contribution in [0.25, 0.3) is 0 Å². The summed E-state index contributed by atoms with van der Waals surface area (Å²) < 4.78 is 27.0. The van der Waals surface area contributed by atoms with Crippen molar-refractivity contribution in [2.45, 2.75) is 37.6 Å². The molecule has 0 unspecified atom stereocenters. The van der Waals surface area contributed by atoms with E-state index < -0.39 is 9.84 Å². The second kappa shape index (κ2) is 7.35. The summed E-state index contributed by atoms with van der Waals surface area (Å²) in [6.07, 6.45) is 1.34. The Labute approximate surface area is 157 Å². The monoisotopic (exact) mass is 403 g/mol. The molecule has 0 atom stereocenters. The topological polar surface area (TPSA) is 72.3 Å². The highest BCUT2D eigenvalue weighted by Gasteiger charge is 2.28. The molecule has 0 aliphatic carbocycles. The van der Waals surface area contributed by atoms with Crippen molar-refractivity contribution in [2.24, 2.45) is 0 Å². The van der Waals surface area contributed by atoms with Gasteiger partial charge in [0.25, 0.3) is 0 Å². The van der Waals surface area contributed by atoms with Gasteiger partial charge in [-0.1, -0.05) is 23.2 Å². The fourth-order valence-corrected chi connectivity index (χ4v) is 4.78. The van der Waals surface area contributed by atoms with Gasteiger partial charge in [0.2, 0.25) is 9.84 Å². The molecule has 0 spiro atoms. The fraction of sp³-hybridized carbons (Fsp3) is 0.375. The number of aromatic nitrogens is 2. The lowest BCUT2D eigenvalue weighted by Gasteiger charge is -2.17. The van der Waals surface area contributed by atoms with Crippen LogP contribution in [-0.2, 0) is 9.84 Å². The van der Waals surface area contributed by atoms with Crippen LogP contribution in [0.5, 0.6) is 0 Å². The van der Waals surface area contributed by atoms with Gasteiger partial charge in [-0.25, -0.2) is 13.2 Å². The van der Waals surface area contributed by atoms with Crippen LogP contribution in [0, 0.1) is 13.8 Å². The van der Waals surface area contributed by atoms with Gasteiger partial charge in [0.05, 0.1) is 4.90 Å². The summed E-state index contributed by atoms with van der Waals surface area (Å²) >= 11 is 12.2. The van der Waals surface area contributed by atoms with Gasteiger partial charge in [0.1, 0.15) is 0 Å². The Kier molecular flexibility index (Phi) is 5.81. The number of amides is 1. The van der Waals surface area contributed by atoms with Gasteiger partial charge in [-0.05, 0) is 51.0 Å². The third-order valence-electron chi connectivity index (χ3n) is 3.99. The van der Waals surface area contributed by atoms with E-state index in [1.807, 2.05) is 13.8 Å². The van der Waals surface area contributed by atoms with Crippen molar-refractivity contribution >= 4 is 39.1 Å². The average molecular weight is 404 g/mol. The third-order valence-corrected chi connectivity index (χ3v) is 6.69. The van der Waals surface area contributed by atoms with Crippen LogP contribution in [-0.4, -0.2) is 42.2 Å². The molecule has 6 nitrogen and oxygen atoms in total. The molecule has 0 N–H and O–H groups in total. The Morgan fingerprint density at radius 1 is 1.16 bits per heavy atom. The van der Waals surface area contributed by atoms with Crippen molar-refractivity contribution < 1.29 is 13.2 Å². The number of benzene rings is 1. The van der Waals surface area contributed by atoms with Crippen molar-refractivity contribution in [3.05, 3.63) is 39.5 Å². The summed E-state index contributed by atoms with van der Waals surface area (Å²) in [5, 5.41) is 4.26. The third kappa shape index (κ3) is 3.54. The van der Waals surface area contributed by atoms with Crippen molar-refractivity contribution in [2.75, 3.05) is 13.1 Å². The maximum atomic E-state index is 13.0. The molecule has 0 aliphatic heterocycles. The van der Waals surface area contributed by atoms with Crippen molar-refractivity contribution in [1.29, 1.82) is 0 Å². The van der Waals surface area contributed by atoms with E-state index in [-0.39, 0.29) is 26.0 Å². The smallest absolute Gasteiger partial charge is 0.323 e. The molecule has 1 aromatic carbocycles. The molecule has 2 rings (SSSR count). The lowest BCUT2D eigenvalue weighted by atomic mass is 10.1. The molecule has 1 aromatic heterocycles. The zero-order valence-electron chi connectivity index (χ0n) is 14.4. The van der Waals surface area contributed by atoms with E-state index in [0.717, 1.165) is 4.68 Å². The van der Waals surface area contributed by atoms with E-state index in [9.17, 15) is 13.2 Å². The number of hydrogen-bond acceptors (Lipinski definition) is 4. The molecule has 0 aliphatic rings. The number of hydrogen-bond donors (Lipinski definition) is 0. The summed E-state index contributed by atoms with van der Waals surface area (Å²) in [7, 11) is -3.97. The van der Waals surface area contributed by atoms with Crippen LogP contribution in [0.2, 0.25) is 10.0 Å². The molecule has 136 valence electrons. The van der Waals surface area contributed by atoms with Crippen LogP contribution in [0.1, 0.15) is 25.0 Å². The summed E-state index contributed by atoms with van der Waals surface area (Å²) in [5.41, 5.74) is 0.793. The van der Waals surface area contributed by atoms with Gasteiger partial charge in [-0.15, -0.1) is 0 Å². The second-order valence-electron chi connectivity index (χ2n) is 5.48. The van der Waals surface area contributed by atoms with E-state index in [1.165, 1.54) is 23.2 Å². The highest BCUT2D eigenvalue weighted by molar-refractivity contribution is 7.91. The second-order valence-corrected chi connectivity index (χ2v) is 8.12. The number of carbonyl (C=O) groups is 1. The average Bonchev–Trinajstić information content (AvgIpc) is 3.05. The Bertz CT molecular complexity index is 893. The van der Waals surface area contributed by atoms with Gasteiger partial charge >= 0.3 is 6.03 Å². The number of nitrogens with zero attached hydrogens (tertiary/aromatic N) is 3. The van der Waals surface area contributed by atoms with Gasteiger partial charge in [0, 0.05) is 29.3 Å². The molecule has 0 saturated heterocycles. The quantitative estimate of drug-likeness (QED) is 0.774. The maximum Gasteiger partial charge on any atom is 0.344 e. The molecule has 9 heteroatoms. The van der Waals surface area contributed by atoms with Crippen LogP contribution in [0.3, 0.4) is 0 Å². The number of halogens is 2. The standard InChI is InChI=1S/C16H19Cl2N3O3S/c1-5-20(6-2)16(22)21-8-7-14(19-21)25(23,24)15-10(3)12(17)9-13(18)11(15)4/h7-9H,5-6H2,1-4H3. The number of carbonyl (C=O) groups excluding carboxylic acids is 1. The summed E-state index contributed by atoms with van der Waals surface area (Å²) in [4.78, 5) is 13.9. The predicted octanol–water partition coefficient (Wildman–Crippen LogP) is 3.95. The fourth-order valence-electron chi connectivity index (χ4n) is 2.53. The Morgan fingerprint density at radius 3 is 2.16 bits per heavy atom. The van der Waals surface area contributed by atoms with E-state index >= 15 is 0 Å². The Hall–Kier alpha value is -1.57. The molecule has 0 fully saturated rings. The first-order chi connectivity index (χ1) is 11.6. The number of sulfone groups is 1. The highest BCUT2D eigenvalue weighted by Crippen LogP contribution is 2.35. The van der Waals surface area contributed by atoms with Crippen molar-refractivity contribution in [3.63, 3.8) is 0 Å². The molecule has 0 bridgehead atoms. The lowest BCUT2D eigenvalue weighted by molar-refractivity contribution is 0.201. The molecular weight excluding hydrogens is 385 g/mol. The Balaban J connectivity index is 2.55. The minimum Gasteiger partial charge on any atom is -0.323 e. The normalized spacial score (nSPS) is 11.6. The largest absolute Gasteiger partial charge is 0.344 e. The van der Waals surface area contributed by atoms with Gasteiger partial charge in [0.15, 0.2) is 5.03 Å². The lowest BCUT2D eigenvalue weighted by Crippen LogP contribution is -2.34. The van der Waals surface area contributed by atoms with Crippen molar-refractivity contribution in [1.82, 2.24) is 14.7 Å². The SMILES string of the molecule is CCN(CC)C(=O)n1ccc(S(=O)(=O)c2c(C)c(Cl)cc(Cl)c2C)n1. The summed E-state index contributed by atoms with van der Waals surface area (Å²) in [5.74, 6) is 0. The molecule has 25 heavy (non-hydrogen) atoms. The molecule has 1 amide bonds. The highest BCUT2D eigenvalue weighted by atomic mass is 35.5. The first kappa shape index (κ1) is 19.8. The van der Waals surface area contributed by atoms with Crippen molar-refractivity contribution in [3.8, 4) is 0 Å². The minimum atomic E-state index is -3.97. The van der Waals surface area contributed by atoms with Gasteiger partial charge < -0.3 is 4.90 Å². The number of rotatable bonds is 4. The molecule has 0 saturated carbocycles. The van der Waals surface area contributed by atoms with Gasteiger partial charge in [-0.2, -0.15) is 9.78 Å². The molecule has 2 aromatic rings. The van der Waals surface area contributed by atoms with Gasteiger partial charge in [-0.3, -0.25) is 0 Å². The van der Waals surface area contributed by atoms with Crippen LogP contribution in [0.4, 0.5) is 4.79 Å². The molecule has 0 radical (unpaired) electrons. The van der Waals surface area contributed by atoms with E-state index in [1.54, 1.807) is 13.8 Å². The first-order valence-corrected chi connectivity index (χ1v) is 9.94. The summed E-state index contributed by atoms with van der Waals surface area (Å²) in [6, 6.07) is 2.42. The molecular formula is C16H19Cl2N3O3S. The first-order valence-electron chi connectivity index (χ1n) is 7.70.